The van der Waals surface area contributed by atoms with Gasteiger partial charge in [-0.2, -0.15) is 0 Å². The minimum atomic E-state index is -1.96. The van der Waals surface area contributed by atoms with Crippen LogP contribution in [0, 0.1) is 34.5 Å². The van der Waals surface area contributed by atoms with E-state index in [2.05, 4.69) is 74.6 Å². The van der Waals surface area contributed by atoms with Gasteiger partial charge in [0, 0.05) is 24.5 Å². The Balaban J connectivity index is 2.67. The molecular weight excluding hydrogens is 428 g/mol. The summed E-state index contributed by atoms with van der Waals surface area (Å²) >= 11 is 0. The molecule has 4 nitrogen and oxygen atoms in total. The third kappa shape index (κ3) is 4.69. The molecule has 0 bridgehead atoms. The van der Waals surface area contributed by atoms with Crippen molar-refractivity contribution in [1.29, 1.82) is 0 Å². The molecule has 0 spiro atoms. The number of allylic oxidation sites excluding steroid dienone is 1. The second-order valence-corrected chi connectivity index (χ2v) is 17.0. The minimum absolute atomic E-state index is 0.111. The number of rotatable bonds is 11. The number of fused-ring (bicyclic) bond motifs is 1. The number of methoxy groups -OCH3 is 1. The molecule has 0 radical (unpaired) electrons. The van der Waals surface area contributed by atoms with Crippen molar-refractivity contribution >= 4 is 14.6 Å². The van der Waals surface area contributed by atoms with Gasteiger partial charge in [0.1, 0.15) is 13.1 Å². The first kappa shape index (κ1) is 28.7. The van der Waals surface area contributed by atoms with Gasteiger partial charge in [-0.15, -0.1) is 0 Å². The highest BCUT2D eigenvalue weighted by molar-refractivity contribution is 6.74. The van der Waals surface area contributed by atoms with E-state index in [9.17, 15) is 4.79 Å². The van der Waals surface area contributed by atoms with Crippen molar-refractivity contribution in [3.05, 3.63) is 11.6 Å². The normalized spacial score (nSPS) is 37.1. The molecule has 2 aliphatic rings. The Morgan fingerprint density at radius 2 is 1.76 bits per heavy atom. The predicted molar refractivity (Wildman–Crippen MR) is 140 cm³/mol. The first-order valence-corrected chi connectivity index (χ1v) is 16.2. The zero-order valence-corrected chi connectivity index (χ0v) is 24.4. The SMILES string of the molecule is CCC1=C[C@](CC)(CO[Si](C)(C)C(C)(C)C)[C@@](C=O)(CC)[C@H]2[C@H](CC)[C@@H](OCOC)[C@@H](C)[C@H]12. The average molecular weight is 481 g/mol. The van der Waals surface area contributed by atoms with E-state index in [4.69, 9.17) is 13.9 Å². The number of aldehydes is 1. The number of carbonyl (C=O) groups is 1. The van der Waals surface area contributed by atoms with E-state index in [0.29, 0.717) is 31.2 Å². The molecule has 2 aliphatic carbocycles. The molecule has 2 rings (SSSR count). The van der Waals surface area contributed by atoms with E-state index in [0.717, 1.165) is 25.7 Å². The summed E-state index contributed by atoms with van der Waals surface area (Å²) < 4.78 is 18.5. The Morgan fingerprint density at radius 3 is 2.18 bits per heavy atom. The molecule has 1 fully saturated rings. The monoisotopic (exact) mass is 480 g/mol. The summed E-state index contributed by atoms with van der Waals surface area (Å²) in [6, 6.07) is 0. The molecule has 0 aromatic heterocycles. The number of hydrogen-bond donors (Lipinski definition) is 0. The van der Waals surface area contributed by atoms with E-state index in [-0.39, 0.29) is 22.5 Å². The fourth-order valence-corrected chi connectivity index (χ4v) is 7.98. The van der Waals surface area contributed by atoms with Crippen LogP contribution in [0.2, 0.25) is 18.1 Å². The molecule has 0 aromatic carbocycles. The summed E-state index contributed by atoms with van der Waals surface area (Å²) in [4.78, 5) is 13.3. The van der Waals surface area contributed by atoms with Crippen LogP contribution in [0.15, 0.2) is 11.6 Å². The molecule has 192 valence electrons. The average Bonchev–Trinajstić information content (AvgIpc) is 3.06. The number of hydrogen-bond acceptors (Lipinski definition) is 4. The van der Waals surface area contributed by atoms with E-state index in [1.807, 2.05) is 0 Å². The lowest BCUT2D eigenvalue weighted by Crippen LogP contribution is -2.57. The van der Waals surface area contributed by atoms with Crippen molar-refractivity contribution < 1.29 is 18.7 Å². The van der Waals surface area contributed by atoms with Crippen molar-refractivity contribution in [3.63, 3.8) is 0 Å². The van der Waals surface area contributed by atoms with Crippen molar-refractivity contribution in [2.24, 2.45) is 34.5 Å². The quantitative estimate of drug-likeness (QED) is 0.135. The van der Waals surface area contributed by atoms with Crippen molar-refractivity contribution in [2.75, 3.05) is 20.5 Å². The van der Waals surface area contributed by atoms with Crippen molar-refractivity contribution in [2.45, 2.75) is 105 Å². The van der Waals surface area contributed by atoms with E-state index in [1.165, 1.54) is 11.9 Å². The summed E-state index contributed by atoms with van der Waals surface area (Å²) in [5.74, 6) is 1.34. The fraction of sp³-hybridized carbons (Fsp3) is 0.893. The van der Waals surface area contributed by atoms with E-state index >= 15 is 0 Å². The van der Waals surface area contributed by atoms with E-state index in [1.54, 1.807) is 7.11 Å². The van der Waals surface area contributed by atoms with Crippen LogP contribution >= 0.6 is 0 Å². The molecule has 0 heterocycles. The summed E-state index contributed by atoms with van der Waals surface area (Å²) in [6.07, 6.45) is 7.71. The van der Waals surface area contributed by atoms with Gasteiger partial charge in [0.25, 0.3) is 0 Å². The molecule has 0 N–H and O–H groups in total. The smallest absolute Gasteiger partial charge is 0.192 e. The van der Waals surface area contributed by atoms with Gasteiger partial charge in [-0.3, -0.25) is 0 Å². The van der Waals surface area contributed by atoms with E-state index < -0.39 is 13.7 Å². The Morgan fingerprint density at radius 1 is 1.12 bits per heavy atom. The Kier molecular flexibility index (Phi) is 9.26. The molecule has 1 saturated carbocycles. The highest BCUT2D eigenvalue weighted by atomic mass is 28.4. The van der Waals surface area contributed by atoms with Crippen LogP contribution in [0.25, 0.3) is 0 Å². The van der Waals surface area contributed by atoms with Crippen LogP contribution in [-0.2, 0) is 18.7 Å². The molecule has 0 unspecified atom stereocenters. The maximum absolute atomic E-state index is 13.3. The summed E-state index contributed by atoms with van der Waals surface area (Å²) in [6.45, 7) is 23.8. The van der Waals surface area contributed by atoms with Gasteiger partial charge in [-0.05, 0) is 61.1 Å². The first-order chi connectivity index (χ1) is 15.4. The van der Waals surface area contributed by atoms with Gasteiger partial charge in [-0.1, -0.05) is 73.5 Å². The van der Waals surface area contributed by atoms with Gasteiger partial charge in [-0.25, -0.2) is 0 Å². The summed E-state index contributed by atoms with van der Waals surface area (Å²) in [7, 11) is -0.275. The minimum Gasteiger partial charge on any atom is -0.416 e. The third-order valence-corrected chi connectivity index (χ3v) is 14.4. The van der Waals surface area contributed by atoms with Crippen LogP contribution in [0.3, 0.4) is 0 Å². The molecule has 0 amide bonds. The molecular formula is C28H52O4Si. The van der Waals surface area contributed by atoms with Gasteiger partial charge >= 0.3 is 0 Å². The van der Waals surface area contributed by atoms with Gasteiger partial charge in [0.05, 0.1) is 6.10 Å². The predicted octanol–water partition coefficient (Wildman–Crippen LogP) is 7.25. The second-order valence-electron chi connectivity index (χ2n) is 12.2. The molecule has 0 aliphatic heterocycles. The highest BCUT2D eigenvalue weighted by Crippen LogP contribution is 2.66. The standard InChI is InChI=1S/C28H52O4Si/c1-12-21-16-27(14-3,18-32-33(10,11)26(6,7)8)28(15-4,17-29)24-22(13-2)25(31-19-30-9)20(5)23(21)24/h16-17,20,22-25H,12-15,18-19H2,1-11H3/t20-,22-,23+,24-,25-,27+,28+/m0/s1. The highest BCUT2D eigenvalue weighted by Gasteiger charge is 2.65. The van der Waals surface area contributed by atoms with Gasteiger partial charge in [0.2, 0.25) is 0 Å². The molecule has 7 atom stereocenters. The zero-order valence-electron chi connectivity index (χ0n) is 23.4. The number of ether oxygens (including phenoxy) is 2. The summed E-state index contributed by atoms with van der Waals surface area (Å²) in [5, 5.41) is 0.138. The fourth-order valence-electron chi connectivity index (χ4n) is 6.93. The second kappa shape index (κ2) is 10.6. The zero-order chi connectivity index (χ0) is 25.2. The Labute approximate surface area is 205 Å². The molecule has 0 saturated heterocycles. The van der Waals surface area contributed by atoms with Crippen LogP contribution in [0.5, 0.6) is 0 Å². The third-order valence-electron chi connectivity index (χ3n) is 9.95. The van der Waals surface area contributed by atoms with Crippen LogP contribution in [-0.4, -0.2) is 41.2 Å². The van der Waals surface area contributed by atoms with Crippen molar-refractivity contribution in [1.82, 2.24) is 0 Å². The maximum atomic E-state index is 13.3. The lowest BCUT2D eigenvalue weighted by Gasteiger charge is -2.57. The largest absolute Gasteiger partial charge is 0.416 e. The Hall–Kier alpha value is -0.493. The maximum Gasteiger partial charge on any atom is 0.192 e. The number of carbonyl (C=O) groups excluding carboxylic acids is 1. The van der Waals surface area contributed by atoms with Gasteiger partial charge < -0.3 is 18.7 Å². The Bertz CT molecular complexity index is 697. The summed E-state index contributed by atoms with van der Waals surface area (Å²) in [5.41, 5.74) is 0.767. The molecule has 0 aromatic rings. The topological polar surface area (TPSA) is 44.8 Å². The lowest BCUT2D eigenvalue weighted by molar-refractivity contribution is -0.140. The van der Waals surface area contributed by atoms with Crippen molar-refractivity contribution in [3.8, 4) is 0 Å². The molecule has 33 heavy (non-hydrogen) atoms. The van der Waals surface area contributed by atoms with Crippen LogP contribution < -0.4 is 0 Å². The van der Waals surface area contributed by atoms with Crippen LogP contribution in [0.4, 0.5) is 0 Å². The first-order valence-electron chi connectivity index (χ1n) is 13.3. The van der Waals surface area contributed by atoms with Crippen LogP contribution in [0.1, 0.15) is 81.1 Å². The molecule has 5 heteroatoms. The van der Waals surface area contributed by atoms with Gasteiger partial charge in [0.15, 0.2) is 8.32 Å². The lowest BCUT2D eigenvalue weighted by atomic mass is 9.47.